The van der Waals surface area contributed by atoms with Gasteiger partial charge in [0.2, 0.25) is 5.91 Å². The minimum atomic E-state index is -0.137. The van der Waals surface area contributed by atoms with E-state index in [4.69, 9.17) is 14.2 Å². The summed E-state index contributed by atoms with van der Waals surface area (Å²) in [5.41, 5.74) is 2.04. The van der Waals surface area contributed by atoms with Gasteiger partial charge in [0.15, 0.2) is 11.5 Å². The number of rotatable bonds is 11. The number of hydrogen-bond donors (Lipinski definition) is 1. The van der Waals surface area contributed by atoms with Crippen molar-refractivity contribution in [3.05, 3.63) is 53.0 Å². The van der Waals surface area contributed by atoms with Gasteiger partial charge in [0, 0.05) is 6.54 Å². The normalized spacial score (nSPS) is 10.8. The summed E-state index contributed by atoms with van der Waals surface area (Å²) >= 11 is 1.58. The molecule has 154 valence electrons. The van der Waals surface area contributed by atoms with E-state index in [-0.39, 0.29) is 12.5 Å². The van der Waals surface area contributed by atoms with E-state index in [2.05, 4.69) is 10.3 Å². The molecule has 0 aliphatic heterocycles. The minimum Gasteiger partial charge on any atom is -0.490 e. The van der Waals surface area contributed by atoms with Crippen LogP contribution in [0.4, 0.5) is 0 Å². The molecule has 6 nitrogen and oxygen atoms in total. The van der Waals surface area contributed by atoms with Gasteiger partial charge in [0.05, 0.1) is 30.0 Å². The van der Waals surface area contributed by atoms with Crippen LogP contribution in [0.25, 0.3) is 10.2 Å². The molecular weight excluding hydrogens is 388 g/mol. The van der Waals surface area contributed by atoms with Crippen molar-refractivity contribution in [3.63, 3.8) is 0 Å². The van der Waals surface area contributed by atoms with Crippen molar-refractivity contribution in [1.82, 2.24) is 10.3 Å². The number of amides is 1. The predicted molar refractivity (Wildman–Crippen MR) is 115 cm³/mol. The molecule has 29 heavy (non-hydrogen) atoms. The monoisotopic (exact) mass is 414 g/mol. The largest absolute Gasteiger partial charge is 0.490 e. The number of carbonyl (C=O) groups is 1. The molecule has 1 aromatic heterocycles. The van der Waals surface area contributed by atoms with Crippen LogP contribution in [-0.4, -0.2) is 37.3 Å². The van der Waals surface area contributed by atoms with Crippen LogP contribution < -0.4 is 14.8 Å². The molecule has 1 N–H and O–H groups in total. The Balaban J connectivity index is 1.40. The van der Waals surface area contributed by atoms with Crippen molar-refractivity contribution >= 4 is 27.5 Å². The van der Waals surface area contributed by atoms with Crippen LogP contribution in [0.3, 0.4) is 0 Å². The zero-order valence-corrected chi connectivity index (χ0v) is 17.6. The maximum Gasteiger partial charge on any atom is 0.246 e. The zero-order chi connectivity index (χ0) is 20.5. The van der Waals surface area contributed by atoms with E-state index < -0.39 is 0 Å². The highest BCUT2D eigenvalue weighted by atomic mass is 32.1. The Morgan fingerprint density at radius 1 is 1.07 bits per heavy atom. The summed E-state index contributed by atoms with van der Waals surface area (Å²) in [4.78, 5) is 16.5. The second-order valence-corrected chi connectivity index (χ2v) is 7.43. The summed E-state index contributed by atoms with van der Waals surface area (Å²) < 4.78 is 17.8. The van der Waals surface area contributed by atoms with Crippen molar-refractivity contribution in [3.8, 4) is 11.5 Å². The Labute approximate surface area is 174 Å². The summed E-state index contributed by atoms with van der Waals surface area (Å²) in [5, 5.41) is 3.75. The number of carbonyl (C=O) groups excluding carboxylic acids is 1. The second-order valence-electron chi connectivity index (χ2n) is 6.32. The van der Waals surface area contributed by atoms with E-state index in [9.17, 15) is 4.79 Å². The second kappa shape index (κ2) is 10.8. The maximum atomic E-state index is 12.0. The number of aromatic nitrogens is 1. The Morgan fingerprint density at radius 3 is 2.66 bits per heavy atom. The van der Waals surface area contributed by atoms with Gasteiger partial charge >= 0.3 is 0 Å². The van der Waals surface area contributed by atoms with Crippen LogP contribution in [0.2, 0.25) is 0 Å². The van der Waals surface area contributed by atoms with Gasteiger partial charge in [-0.05, 0) is 50.1 Å². The lowest BCUT2D eigenvalue weighted by Crippen LogP contribution is -2.29. The molecular formula is C22H26N2O4S. The van der Waals surface area contributed by atoms with E-state index in [0.717, 1.165) is 32.3 Å². The van der Waals surface area contributed by atoms with Gasteiger partial charge in [0.1, 0.15) is 11.6 Å². The third kappa shape index (κ3) is 6.17. The van der Waals surface area contributed by atoms with Crippen molar-refractivity contribution in [1.29, 1.82) is 0 Å². The molecule has 3 rings (SSSR count). The average Bonchev–Trinajstić information content (AvgIpc) is 3.13. The molecule has 0 radical (unpaired) electrons. The average molecular weight is 415 g/mol. The van der Waals surface area contributed by atoms with Gasteiger partial charge in [-0.2, -0.15) is 0 Å². The Bertz CT molecular complexity index is 908. The Morgan fingerprint density at radius 2 is 1.86 bits per heavy atom. The number of hydrogen-bond acceptors (Lipinski definition) is 6. The predicted octanol–water partition coefficient (Wildman–Crippen LogP) is 3.97. The van der Waals surface area contributed by atoms with Crippen molar-refractivity contribution in [2.24, 2.45) is 0 Å². The molecule has 2 aromatic carbocycles. The molecule has 0 atom stereocenters. The summed E-state index contributed by atoms with van der Waals surface area (Å²) in [7, 11) is 0. The van der Waals surface area contributed by atoms with Crippen LogP contribution >= 0.6 is 11.3 Å². The molecule has 1 heterocycles. The number of para-hydroxylation sites is 1. The first-order valence-corrected chi connectivity index (χ1v) is 10.6. The summed E-state index contributed by atoms with van der Waals surface area (Å²) in [6.45, 7) is 5.93. The van der Waals surface area contributed by atoms with Crippen molar-refractivity contribution in [2.75, 3.05) is 26.4 Å². The third-order valence-electron chi connectivity index (χ3n) is 4.14. The number of nitrogens with one attached hydrogen (secondary N) is 1. The molecule has 0 fully saturated rings. The smallest absolute Gasteiger partial charge is 0.246 e. The standard InChI is InChI=1S/C22H26N2O4S/c1-3-27-18-10-9-16(13-19(18)28-4-2)11-12-23-21(25)14-26-15-22-24-17-7-5-6-8-20(17)29-22/h5-10,13H,3-4,11-12,14-15H2,1-2H3,(H,23,25). The fraction of sp³-hybridized carbons (Fsp3) is 0.364. The third-order valence-corrected chi connectivity index (χ3v) is 5.15. The highest BCUT2D eigenvalue weighted by Crippen LogP contribution is 2.28. The van der Waals surface area contributed by atoms with Crippen LogP contribution in [0.15, 0.2) is 42.5 Å². The van der Waals surface area contributed by atoms with Gasteiger partial charge in [-0.25, -0.2) is 4.98 Å². The topological polar surface area (TPSA) is 69.7 Å². The number of thiazole rings is 1. The molecule has 0 aliphatic rings. The number of ether oxygens (including phenoxy) is 3. The highest BCUT2D eigenvalue weighted by molar-refractivity contribution is 7.18. The molecule has 0 saturated heterocycles. The van der Waals surface area contributed by atoms with Gasteiger partial charge in [-0.15, -0.1) is 11.3 Å². The fourth-order valence-corrected chi connectivity index (χ4v) is 3.77. The molecule has 0 aliphatic carbocycles. The lowest BCUT2D eigenvalue weighted by molar-refractivity contribution is -0.126. The van der Waals surface area contributed by atoms with Gasteiger partial charge < -0.3 is 19.5 Å². The van der Waals surface area contributed by atoms with Gasteiger partial charge in [-0.1, -0.05) is 18.2 Å². The van der Waals surface area contributed by atoms with Crippen molar-refractivity contribution < 1.29 is 19.0 Å². The van der Waals surface area contributed by atoms with E-state index in [1.165, 1.54) is 0 Å². The number of benzene rings is 2. The molecule has 0 bridgehead atoms. The Hall–Kier alpha value is -2.64. The summed E-state index contributed by atoms with van der Waals surface area (Å²) in [5.74, 6) is 1.34. The van der Waals surface area contributed by atoms with Crippen LogP contribution in [0.5, 0.6) is 11.5 Å². The quantitative estimate of drug-likeness (QED) is 0.514. The highest BCUT2D eigenvalue weighted by Gasteiger charge is 2.08. The van der Waals surface area contributed by atoms with E-state index >= 15 is 0 Å². The molecule has 1 amide bonds. The summed E-state index contributed by atoms with van der Waals surface area (Å²) in [6.07, 6.45) is 0.704. The number of nitrogens with zero attached hydrogens (tertiary/aromatic N) is 1. The van der Waals surface area contributed by atoms with E-state index in [1.807, 2.05) is 56.3 Å². The van der Waals surface area contributed by atoms with Crippen LogP contribution in [0.1, 0.15) is 24.4 Å². The lowest BCUT2D eigenvalue weighted by Gasteiger charge is -2.12. The SMILES string of the molecule is CCOc1ccc(CCNC(=O)COCc2nc3ccccc3s2)cc1OCC. The van der Waals surface area contributed by atoms with Gasteiger partial charge in [0.25, 0.3) is 0 Å². The minimum absolute atomic E-state index is 0.0173. The Kier molecular flexibility index (Phi) is 7.84. The first-order valence-electron chi connectivity index (χ1n) is 9.77. The lowest BCUT2D eigenvalue weighted by atomic mass is 10.1. The van der Waals surface area contributed by atoms with Gasteiger partial charge in [-0.3, -0.25) is 4.79 Å². The first kappa shape index (κ1) is 21.1. The molecule has 0 unspecified atom stereocenters. The van der Waals surface area contributed by atoms with Crippen LogP contribution in [-0.2, 0) is 22.6 Å². The molecule has 7 heteroatoms. The van der Waals surface area contributed by atoms with Crippen molar-refractivity contribution in [2.45, 2.75) is 26.9 Å². The maximum absolute atomic E-state index is 12.0. The first-order chi connectivity index (χ1) is 14.2. The fourth-order valence-electron chi connectivity index (χ4n) is 2.86. The zero-order valence-electron chi connectivity index (χ0n) is 16.8. The molecule has 0 saturated carbocycles. The van der Waals surface area contributed by atoms with E-state index in [0.29, 0.717) is 32.8 Å². The van der Waals surface area contributed by atoms with E-state index in [1.54, 1.807) is 11.3 Å². The number of fused-ring (bicyclic) bond motifs is 1. The van der Waals surface area contributed by atoms with Crippen LogP contribution in [0, 0.1) is 0 Å². The molecule has 3 aromatic rings. The molecule has 0 spiro atoms. The summed E-state index contributed by atoms with van der Waals surface area (Å²) in [6, 6.07) is 13.8.